The number of nitrogens with one attached hydrogen (secondary N) is 1. The summed E-state index contributed by atoms with van der Waals surface area (Å²) in [6.07, 6.45) is -40.9. The maximum Gasteiger partial charge on any atom is 0.251 e. The molecule has 4 aliphatic rings. The minimum atomic E-state index is -2.24. The van der Waals surface area contributed by atoms with Crippen LogP contribution in [0.5, 0.6) is 0 Å². The van der Waals surface area contributed by atoms with E-state index >= 15 is 0 Å². The van der Waals surface area contributed by atoms with Crippen molar-refractivity contribution < 1.29 is 130 Å². The molecule has 0 radical (unpaired) electrons. The number of aliphatic hydroxyl groups is 17. The lowest BCUT2D eigenvalue weighted by Gasteiger charge is -2.49. The number of rotatable bonds is 24. The molecule has 27 nitrogen and oxygen atoms in total. The fourth-order valence-electron chi connectivity index (χ4n) is 7.86. The zero-order chi connectivity index (χ0) is 48.3. The van der Waals surface area contributed by atoms with Gasteiger partial charge in [-0.05, 0) is 6.42 Å². The molecule has 0 unspecified atom stereocenters. The molecule has 0 spiro atoms. The fourth-order valence-corrected chi connectivity index (χ4v) is 7.86. The Morgan fingerprint density at radius 1 is 0.508 bits per heavy atom. The summed E-state index contributed by atoms with van der Waals surface area (Å²) in [7, 11) is 0. The Bertz CT molecular complexity index is 1370. The maximum absolute atomic E-state index is 12.6. The van der Waals surface area contributed by atoms with Gasteiger partial charge in [-0.2, -0.15) is 0 Å². The van der Waals surface area contributed by atoms with Crippen molar-refractivity contribution in [2.24, 2.45) is 0 Å². The summed E-state index contributed by atoms with van der Waals surface area (Å²) in [5, 5.41) is 181. The Hall–Kier alpha value is -1.53. The molecule has 18 N–H and O–H groups in total. The molecule has 382 valence electrons. The molecule has 4 fully saturated rings. The van der Waals surface area contributed by atoms with Gasteiger partial charge in [0.05, 0.1) is 33.0 Å². The van der Waals surface area contributed by atoms with E-state index in [1.165, 1.54) is 0 Å². The second-order valence-corrected chi connectivity index (χ2v) is 16.5. The molecular weight excluding hydrogens is 886 g/mol. The summed E-state index contributed by atoms with van der Waals surface area (Å²) in [4.78, 5) is 12.6. The van der Waals surface area contributed by atoms with Gasteiger partial charge in [0, 0.05) is 6.54 Å². The van der Waals surface area contributed by atoms with Crippen molar-refractivity contribution in [3.05, 3.63) is 0 Å². The Kier molecular flexibility index (Phi) is 22.8. The third-order valence-electron chi connectivity index (χ3n) is 11.8. The minimum absolute atomic E-state index is 0.158. The van der Waals surface area contributed by atoms with Crippen molar-refractivity contribution in [2.75, 3.05) is 39.6 Å². The number of hydrogen-bond acceptors (Lipinski definition) is 26. The van der Waals surface area contributed by atoms with Crippen molar-refractivity contribution >= 4 is 5.91 Å². The number of amides is 1. The standard InChI is InChI=1S/C38H69NO26/c1-2-3-4-5-6-7-8-39-34(57)25(52)21(48)30(14(45)9-40)62-36-27(54)22(49)32(16(11-42)59-36)64-38-29(56)24(51)33(18(13-44)61-38)65-37-28(55)23(50)31(17(12-43)60-37)63-35-26(53)20(47)19(46)15(10-41)58-35/h14-33,35-38,40-56H,2-13H2,1H3,(H,39,57)/t14-,15-,16-,17-,18-,19-,20+,21-,22-,23-,24-,25-,26-,27-,28-,29-,30-,31-,32-,33-,35-,36-,37-,38-/m1/s1. The molecule has 0 aliphatic carbocycles. The van der Waals surface area contributed by atoms with Gasteiger partial charge in [0.1, 0.15) is 116 Å². The molecule has 24 atom stereocenters. The third-order valence-corrected chi connectivity index (χ3v) is 11.8. The molecule has 0 saturated carbocycles. The molecule has 0 aromatic heterocycles. The zero-order valence-corrected chi connectivity index (χ0v) is 35.6. The van der Waals surface area contributed by atoms with Gasteiger partial charge in [0.25, 0.3) is 5.91 Å². The van der Waals surface area contributed by atoms with E-state index in [1.807, 2.05) is 0 Å². The first-order chi connectivity index (χ1) is 30.9. The highest BCUT2D eigenvalue weighted by atomic mass is 16.8. The van der Waals surface area contributed by atoms with Gasteiger partial charge in [-0.15, -0.1) is 0 Å². The molecule has 4 aliphatic heterocycles. The van der Waals surface area contributed by atoms with Crippen LogP contribution in [0.15, 0.2) is 0 Å². The number of unbranched alkanes of at least 4 members (excludes halogenated alkanes) is 5. The minimum Gasteiger partial charge on any atom is -0.394 e. The van der Waals surface area contributed by atoms with Gasteiger partial charge in [0.15, 0.2) is 31.3 Å². The van der Waals surface area contributed by atoms with E-state index in [0.717, 1.165) is 32.1 Å². The Balaban J connectivity index is 1.38. The first-order valence-electron chi connectivity index (χ1n) is 21.6. The van der Waals surface area contributed by atoms with E-state index in [-0.39, 0.29) is 6.54 Å². The van der Waals surface area contributed by atoms with Crippen LogP contribution < -0.4 is 5.32 Å². The summed E-state index contributed by atoms with van der Waals surface area (Å²) in [6, 6.07) is 0. The molecular formula is C38H69NO26. The summed E-state index contributed by atoms with van der Waals surface area (Å²) in [5.74, 6) is -1.04. The van der Waals surface area contributed by atoms with E-state index in [1.54, 1.807) is 0 Å². The predicted octanol–water partition coefficient (Wildman–Crippen LogP) is -9.80. The van der Waals surface area contributed by atoms with Crippen LogP contribution in [-0.2, 0) is 42.7 Å². The molecule has 65 heavy (non-hydrogen) atoms. The van der Waals surface area contributed by atoms with Crippen LogP contribution in [0.25, 0.3) is 0 Å². The highest BCUT2D eigenvalue weighted by molar-refractivity contribution is 5.81. The van der Waals surface area contributed by atoms with E-state index in [4.69, 9.17) is 37.9 Å². The Morgan fingerprint density at radius 2 is 0.892 bits per heavy atom. The first kappa shape index (κ1) is 56.1. The van der Waals surface area contributed by atoms with Gasteiger partial charge in [-0.3, -0.25) is 4.79 Å². The monoisotopic (exact) mass is 955 g/mol. The summed E-state index contributed by atoms with van der Waals surface area (Å²) in [5.41, 5.74) is 0. The number of carbonyl (C=O) groups is 1. The van der Waals surface area contributed by atoms with Crippen molar-refractivity contribution in [3.8, 4) is 0 Å². The number of carbonyl (C=O) groups excluding carboxylic acids is 1. The van der Waals surface area contributed by atoms with Crippen LogP contribution in [0.3, 0.4) is 0 Å². The lowest BCUT2D eigenvalue weighted by atomic mass is 9.95. The van der Waals surface area contributed by atoms with Gasteiger partial charge in [0.2, 0.25) is 0 Å². The second-order valence-electron chi connectivity index (χ2n) is 16.5. The average Bonchev–Trinajstić information content (AvgIpc) is 3.30. The van der Waals surface area contributed by atoms with Gasteiger partial charge in [-0.1, -0.05) is 39.0 Å². The fraction of sp³-hybridized carbons (Fsp3) is 0.974. The van der Waals surface area contributed by atoms with Crippen LogP contribution in [0.4, 0.5) is 0 Å². The molecule has 27 heteroatoms. The predicted molar refractivity (Wildman–Crippen MR) is 208 cm³/mol. The van der Waals surface area contributed by atoms with Crippen molar-refractivity contribution in [1.82, 2.24) is 5.32 Å². The summed E-state index contributed by atoms with van der Waals surface area (Å²) < 4.78 is 44.3. The SMILES string of the molecule is CCCCCCCCNC(=O)[C@H](O)[C@@H](O)[C@H](O[C@H]1O[C@H](CO)[C@@H](O[C@H]2O[C@H](CO)[C@@H](O[C@H]3O[C@H](CO)[C@@H](O[C@H]4O[C@H](CO)[C@@H](O)[C@H](O)[C@H]4O)[C@H](O)[C@H]3O)[C@H](O)[C@H]2O)[C@H](O)[C@H]1O)[C@H](O)CO. The molecule has 4 rings (SSSR count). The third kappa shape index (κ3) is 13.6. The maximum atomic E-state index is 12.6. The Labute approximate surface area is 372 Å². The molecule has 0 bridgehead atoms. The number of ether oxygens (including phenoxy) is 8. The first-order valence-corrected chi connectivity index (χ1v) is 21.6. The number of hydrogen-bond donors (Lipinski definition) is 18. The summed E-state index contributed by atoms with van der Waals surface area (Å²) >= 11 is 0. The molecule has 4 heterocycles. The summed E-state index contributed by atoms with van der Waals surface area (Å²) in [6.45, 7) is -2.65. The van der Waals surface area contributed by atoms with Crippen molar-refractivity contribution in [3.63, 3.8) is 0 Å². The second kappa shape index (κ2) is 26.4. The van der Waals surface area contributed by atoms with Crippen LogP contribution >= 0.6 is 0 Å². The lowest BCUT2D eigenvalue weighted by molar-refractivity contribution is -0.390. The van der Waals surface area contributed by atoms with Crippen LogP contribution in [-0.4, -0.2) is 280 Å². The smallest absolute Gasteiger partial charge is 0.251 e. The molecule has 0 aromatic rings. The van der Waals surface area contributed by atoms with E-state index in [2.05, 4.69) is 12.2 Å². The quantitative estimate of drug-likeness (QED) is 0.0399. The zero-order valence-electron chi connectivity index (χ0n) is 35.6. The average molecular weight is 956 g/mol. The highest BCUT2D eigenvalue weighted by Gasteiger charge is 2.56. The number of aliphatic hydroxyl groups excluding tert-OH is 17. The van der Waals surface area contributed by atoms with Gasteiger partial charge >= 0.3 is 0 Å². The van der Waals surface area contributed by atoms with E-state index < -0.39 is 186 Å². The van der Waals surface area contributed by atoms with Crippen molar-refractivity contribution in [2.45, 2.75) is 193 Å². The van der Waals surface area contributed by atoms with E-state index in [0.29, 0.717) is 6.42 Å². The Morgan fingerprint density at radius 3 is 1.32 bits per heavy atom. The highest BCUT2D eigenvalue weighted by Crippen LogP contribution is 2.35. The molecule has 0 aromatic carbocycles. The van der Waals surface area contributed by atoms with Gasteiger partial charge < -0.3 is 130 Å². The van der Waals surface area contributed by atoms with Crippen LogP contribution in [0.2, 0.25) is 0 Å². The van der Waals surface area contributed by atoms with E-state index in [9.17, 15) is 91.6 Å². The van der Waals surface area contributed by atoms with Crippen LogP contribution in [0, 0.1) is 0 Å². The topological polar surface area (TPSA) is 447 Å². The normalized spacial score (nSPS) is 42.2. The van der Waals surface area contributed by atoms with Crippen LogP contribution in [0.1, 0.15) is 45.4 Å². The lowest BCUT2D eigenvalue weighted by Crippen LogP contribution is -2.67. The molecule has 1 amide bonds. The van der Waals surface area contributed by atoms with Crippen molar-refractivity contribution in [1.29, 1.82) is 0 Å². The van der Waals surface area contributed by atoms with Gasteiger partial charge in [-0.25, -0.2) is 0 Å². The molecule has 4 saturated heterocycles. The largest absolute Gasteiger partial charge is 0.394 e.